The van der Waals surface area contributed by atoms with Gasteiger partial charge in [0.15, 0.2) is 0 Å². The van der Waals surface area contributed by atoms with Gasteiger partial charge in [0.05, 0.1) is 17.9 Å². The third-order valence-corrected chi connectivity index (χ3v) is 4.61. The molecule has 162 valence electrons. The molecule has 0 radical (unpaired) electrons. The fourth-order valence-electron chi connectivity index (χ4n) is 2.74. The number of nitrogens with one attached hydrogen (secondary N) is 1. The number of anilines is 1. The molecule has 0 aliphatic heterocycles. The fraction of sp³-hybridized carbons (Fsp3) is 0.227. The summed E-state index contributed by atoms with van der Waals surface area (Å²) in [5.74, 6) is 1.93. The van der Waals surface area contributed by atoms with Gasteiger partial charge in [-0.1, -0.05) is 29.7 Å². The van der Waals surface area contributed by atoms with Crippen LogP contribution in [-0.2, 0) is 27.0 Å². The van der Waals surface area contributed by atoms with Crippen molar-refractivity contribution in [1.82, 2.24) is 0 Å². The monoisotopic (exact) mass is 451 g/mol. The van der Waals surface area contributed by atoms with Crippen molar-refractivity contribution >= 4 is 34.9 Å². The van der Waals surface area contributed by atoms with Crippen LogP contribution < -0.4 is 5.32 Å². The van der Waals surface area contributed by atoms with E-state index in [9.17, 15) is 27.6 Å². The fourth-order valence-corrected chi connectivity index (χ4v) is 2.92. The summed E-state index contributed by atoms with van der Waals surface area (Å²) in [5.41, 5.74) is -0.198. The highest BCUT2D eigenvalue weighted by Gasteiger charge is 2.31. The summed E-state index contributed by atoms with van der Waals surface area (Å²) < 4.78 is 38.5. The van der Waals surface area contributed by atoms with Gasteiger partial charge < -0.3 is 10.4 Å². The van der Waals surface area contributed by atoms with Gasteiger partial charge in [-0.2, -0.15) is 13.2 Å². The lowest BCUT2D eigenvalue weighted by atomic mass is 9.96. The molecule has 0 fully saturated rings. The Kier molecular flexibility index (Phi) is 7.83. The van der Waals surface area contributed by atoms with Crippen LogP contribution in [0.1, 0.15) is 36.0 Å². The normalized spacial score (nSPS) is 11.8. The van der Waals surface area contributed by atoms with Crippen molar-refractivity contribution in [3.05, 3.63) is 64.2 Å². The minimum absolute atomic E-state index is 0.0555. The number of Topliss-reactive ketones (excluding diaryl/α,β-unsaturated/α-hetero) is 1. The first-order valence-electron chi connectivity index (χ1n) is 8.95. The van der Waals surface area contributed by atoms with Crippen LogP contribution in [0.2, 0.25) is 5.02 Å². The highest BCUT2D eigenvalue weighted by Crippen LogP contribution is 2.32. The molecule has 0 unspecified atom stereocenters. The van der Waals surface area contributed by atoms with Gasteiger partial charge in [-0.25, -0.2) is 0 Å². The summed E-state index contributed by atoms with van der Waals surface area (Å²) in [7, 11) is 0. The Morgan fingerprint density at radius 3 is 2.32 bits per heavy atom. The van der Waals surface area contributed by atoms with E-state index in [0.717, 1.165) is 18.2 Å². The molecule has 1 amide bonds. The molecule has 0 aromatic heterocycles. The number of carbonyl (C=O) groups is 3. The van der Waals surface area contributed by atoms with E-state index in [4.69, 9.17) is 16.7 Å². The van der Waals surface area contributed by atoms with E-state index in [2.05, 4.69) is 17.2 Å². The van der Waals surface area contributed by atoms with E-state index >= 15 is 0 Å². The number of hydrogen-bond acceptors (Lipinski definition) is 3. The zero-order chi connectivity index (χ0) is 23.2. The van der Waals surface area contributed by atoms with Crippen molar-refractivity contribution in [2.24, 2.45) is 0 Å². The maximum atomic E-state index is 12.8. The number of carboxylic acids is 1. The zero-order valence-corrected chi connectivity index (χ0v) is 17.0. The standard InChI is InChI=1S/C22H17ClF3NO4/c1-2-3-14(12-20(29)30)13-4-7-17(8-5-13)27-21(31)19(28)11-15-10-16(22(24,25)26)6-9-18(15)23/h4-10,14H,11-12H2,1H3,(H,27,31)(H,29,30)/t14-/m0/s1. The molecule has 0 bridgehead atoms. The van der Waals surface area contributed by atoms with Crippen LogP contribution in [0, 0.1) is 11.8 Å². The SMILES string of the molecule is CC#C[C@@H](CC(=O)O)c1ccc(NC(=O)C(=O)Cc2cc(C(F)(F)F)ccc2Cl)cc1. The Bertz CT molecular complexity index is 1050. The summed E-state index contributed by atoms with van der Waals surface area (Å²) in [6.45, 7) is 1.59. The Hall–Kier alpha value is -3.31. The van der Waals surface area contributed by atoms with Crippen LogP contribution in [0.15, 0.2) is 42.5 Å². The maximum Gasteiger partial charge on any atom is 0.416 e. The molecule has 1 atom stereocenters. The van der Waals surface area contributed by atoms with Gasteiger partial charge in [0, 0.05) is 17.1 Å². The molecule has 0 saturated heterocycles. The molecular formula is C22H17ClF3NO4. The van der Waals surface area contributed by atoms with Crippen LogP contribution in [0.4, 0.5) is 18.9 Å². The van der Waals surface area contributed by atoms with Crippen LogP contribution in [0.5, 0.6) is 0 Å². The van der Waals surface area contributed by atoms with Gasteiger partial charge >= 0.3 is 12.1 Å². The highest BCUT2D eigenvalue weighted by molar-refractivity contribution is 6.41. The summed E-state index contributed by atoms with van der Waals surface area (Å²) >= 11 is 5.86. The number of carbonyl (C=O) groups excluding carboxylic acids is 2. The quantitative estimate of drug-likeness (QED) is 0.472. The molecule has 2 rings (SSSR count). The number of benzene rings is 2. The molecule has 9 heteroatoms. The number of amides is 1. The van der Waals surface area contributed by atoms with Gasteiger partial charge in [-0.3, -0.25) is 14.4 Å². The van der Waals surface area contributed by atoms with E-state index in [1.165, 1.54) is 12.1 Å². The number of ketones is 1. The van der Waals surface area contributed by atoms with Crippen LogP contribution in [0.25, 0.3) is 0 Å². The number of halogens is 4. The molecular weight excluding hydrogens is 435 g/mol. The van der Waals surface area contributed by atoms with Crippen LogP contribution in [0.3, 0.4) is 0 Å². The van der Waals surface area contributed by atoms with Crippen molar-refractivity contribution in [2.45, 2.75) is 31.9 Å². The maximum absolute atomic E-state index is 12.8. The van der Waals surface area contributed by atoms with Gasteiger partial charge in [-0.15, -0.1) is 5.92 Å². The van der Waals surface area contributed by atoms with Gasteiger partial charge in [-0.05, 0) is 48.4 Å². The molecule has 0 aliphatic carbocycles. The molecule has 0 aliphatic rings. The molecule has 2 aromatic rings. The first-order valence-corrected chi connectivity index (χ1v) is 9.33. The first-order chi connectivity index (χ1) is 14.5. The summed E-state index contributed by atoms with van der Waals surface area (Å²) in [5, 5.41) is 11.3. The van der Waals surface area contributed by atoms with Crippen molar-refractivity contribution in [3.63, 3.8) is 0 Å². The Labute approximate surface area is 181 Å². The molecule has 0 heterocycles. The van der Waals surface area contributed by atoms with Gasteiger partial charge in [0.1, 0.15) is 0 Å². The Morgan fingerprint density at radius 1 is 1.13 bits per heavy atom. The predicted molar refractivity (Wildman–Crippen MR) is 109 cm³/mol. The lowest BCUT2D eigenvalue weighted by Gasteiger charge is -2.11. The van der Waals surface area contributed by atoms with Crippen molar-refractivity contribution < 1.29 is 32.7 Å². The second kappa shape index (κ2) is 10.1. The lowest BCUT2D eigenvalue weighted by Crippen LogP contribution is -2.24. The Balaban J connectivity index is 2.09. The second-order valence-corrected chi connectivity index (χ2v) is 6.93. The topological polar surface area (TPSA) is 83.5 Å². The first kappa shape index (κ1) is 24.0. The third-order valence-electron chi connectivity index (χ3n) is 4.25. The predicted octanol–water partition coefficient (Wildman–Crippen LogP) is 4.69. The van der Waals surface area contributed by atoms with Crippen molar-refractivity contribution in [1.29, 1.82) is 0 Å². The van der Waals surface area contributed by atoms with E-state index < -0.39 is 41.7 Å². The lowest BCUT2D eigenvalue weighted by molar-refractivity contribution is -0.138. The Morgan fingerprint density at radius 2 is 1.77 bits per heavy atom. The number of alkyl halides is 3. The average Bonchev–Trinajstić information content (AvgIpc) is 2.68. The zero-order valence-electron chi connectivity index (χ0n) is 16.2. The van der Waals surface area contributed by atoms with Crippen molar-refractivity contribution in [3.8, 4) is 11.8 Å². The summed E-state index contributed by atoms with van der Waals surface area (Å²) in [6, 6.07) is 8.64. The molecule has 5 nitrogen and oxygen atoms in total. The summed E-state index contributed by atoms with van der Waals surface area (Å²) in [6.07, 6.45) is -5.39. The highest BCUT2D eigenvalue weighted by atomic mass is 35.5. The minimum atomic E-state index is -4.60. The van der Waals surface area contributed by atoms with E-state index in [1.807, 2.05) is 0 Å². The molecule has 0 spiro atoms. The second-order valence-electron chi connectivity index (χ2n) is 6.52. The number of carboxylic acid groups (broad SMARTS) is 1. The number of hydrogen-bond donors (Lipinski definition) is 2. The smallest absolute Gasteiger partial charge is 0.416 e. The number of aliphatic carboxylic acids is 1. The van der Waals surface area contributed by atoms with E-state index in [1.54, 1.807) is 19.1 Å². The van der Waals surface area contributed by atoms with E-state index in [-0.39, 0.29) is 22.7 Å². The van der Waals surface area contributed by atoms with Crippen LogP contribution >= 0.6 is 11.6 Å². The molecule has 2 N–H and O–H groups in total. The van der Waals surface area contributed by atoms with Gasteiger partial charge in [0.2, 0.25) is 5.78 Å². The van der Waals surface area contributed by atoms with Crippen LogP contribution in [-0.4, -0.2) is 22.8 Å². The summed E-state index contributed by atoms with van der Waals surface area (Å²) in [4.78, 5) is 35.3. The van der Waals surface area contributed by atoms with Crippen molar-refractivity contribution in [2.75, 3.05) is 5.32 Å². The van der Waals surface area contributed by atoms with E-state index in [0.29, 0.717) is 5.56 Å². The molecule has 2 aromatic carbocycles. The average molecular weight is 452 g/mol. The third kappa shape index (κ3) is 6.86. The molecule has 0 saturated carbocycles. The minimum Gasteiger partial charge on any atom is -0.481 e. The van der Waals surface area contributed by atoms with Gasteiger partial charge in [0.25, 0.3) is 5.91 Å². The molecule has 31 heavy (non-hydrogen) atoms. The largest absolute Gasteiger partial charge is 0.481 e. The number of rotatable bonds is 7.